The summed E-state index contributed by atoms with van der Waals surface area (Å²) in [5.74, 6) is 1.46. The van der Waals surface area contributed by atoms with E-state index in [0.717, 1.165) is 38.5 Å². The molecule has 1 amide bonds. The lowest BCUT2D eigenvalue weighted by Gasteiger charge is -2.46. The zero-order valence-electron chi connectivity index (χ0n) is 15.0. The average molecular weight is 363 g/mol. The molecule has 1 aromatic rings. The van der Waals surface area contributed by atoms with E-state index in [0.29, 0.717) is 23.9 Å². The van der Waals surface area contributed by atoms with Gasteiger partial charge in [-0.05, 0) is 55.9 Å². The third-order valence-electron chi connectivity index (χ3n) is 6.89. The fourth-order valence-electron chi connectivity index (χ4n) is 5.70. The van der Waals surface area contributed by atoms with E-state index < -0.39 is 0 Å². The minimum atomic E-state index is -0.297. The highest BCUT2D eigenvalue weighted by molar-refractivity contribution is 5.89. The van der Waals surface area contributed by atoms with Gasteiger partial charge in [0, 0.05) is 12.1 Å². The first-order chi connectivity index (χ1) is 11.7. The minimum absolute atomic E-state index is 0. The van der Waals surface area contributed by atoms with Gasteiger partial charge < -0.3 is 11.1 Å². The second kappa shape index (κ2) is 7.67. The van der Waals surface area contributed by atoms with E-state index in [1.165, 1.54) is 24.8 Å². The molecule has 0 spiro atoms. The molecule has 25 heavy (non-hydrogen) atoms. The maximum atomic E-state index is 13.4. The standard InChI is InChI=1S/C21H30N2O.ClH/c22-18-13-15-7-6-8-16(14-18)19(15)23-20(24)21(11-4-5-12-21)17-9-2-1-3-10-17;/h1-3,9-10,15-16,18-19H,4-8,11-14,22H2,(H,23,24);1H. The molecule has 4 heteroatoms. The summed E-state index contributed by atoms with van der Waals surface area (Å²) in [5.41, 5.74) is 7.15. The quantitative estimate of drug-likeness (QED) is 0.855. The van der Waals surface area contributed by atoms with Crippen LogP contribution in [0.4, 0.5) is 0 Å². The van der Waals surface area contributed by atoms with Crippen molar-refractivity contribution in [1.29, 1.82) is 0 Å². The topological polar surface area (TPSA) is 55.1 Å². The molecule has 2 bridgehead atoms. The number of halogens is 1. The van der Waals surface area contributed by atoms with Crippen molar-refractivity contribution >= 4 is 18.3 Å². The maximum Gasteiger partial charge on any atom is 0.230 e. The van der Waals surface area contributed by atoms with Crippen LogP contribution in [-0.4, -0.2) is 18.0 Å². The predicted molar refractivity (Wildman–Crippen MR) is 104 cm³/mol. The highest BCUT2D eigenvalue weighted by Crippen LogP contribution is 2.44. The van der Waals surface area contributed by atoms with Gasteiger partial charge >= 0.3 is 0 Å². The number of nitrogens with one attached hydrogen (secondary N) is 1. The van der Waals surface area contributed by atoms with Crippen molar-refractivity contribution in [2.24, 2.45) is 17.6 Å². The summed E-state index contributed by atoms with van der Waals surface area (Å²) >= 11 is 0. The normalized spacial score (nSPS) is 33.3. The molecule has 2 unspecified atom stereocenters. The summed E-state index contributed by atoms with van der Waals surface area (Å²) in [6.45, 7) is 0. The van der Waals surface area contributed by atoms with Gasteiger partial charge in [0.15, 0.2) is 0 Å². The summed E-state index contributed by atoms with van der Waals surface area (Å²) in [7, 11) is 0. The van der Waals surface area contributed by atoms with E-state index in [4.69, 9.17) is 5.73 Å². The Balaban J connectivity index is 0.00000182. The molecule has 138 valence electrons. The largest absolute Gasteiger partial charge is 0.352 e. The summed E-state index contributed by atoms with van der Waals surface area (Å²) in [6.07, 6.45) is 10.2. The van der Waals surface area contributed by atoms with Crippen LogP contribution in [0.5, 0.6) is 0 Å². The molecule has 0 saturated heterocycles. The van der Waals surface area contributed by atoms with Gasteiger partial charge in [0.05, 0.1) is 5.41 Å². The molecule has 3 nitrogen and oxygen atoms in total. The molecule has 0 aliphatic heterocycles. The summed E-state index contributed by atoms with van der Waals surface area (Å²) in [5, 5.41) is 3.53. The van der Waals surface area contributed by atoms with Gasteiger partial charge in [-0.2, -0.15) is 0 Å². The van der Waals surface area contributed by atoms with Crippen LogP contribution in [0.2, 0.25) is 0 Å². The summed E-state index contributed by atoms with van der Waals surface area (Å²) < 4.78 is 0. The van der Waals surface area contributed by atoms with Crippen molar-refractivity contribution in [2.45, 2.75) is 75.3 Å². The Morgan fingerprint density at radius 1 is 1.00 bits per heavy atom. The van der Waals surface area contributed by atoms with Gasteiger partial charge in [0.2, 0.25) is 5.91 Å². The first-order valence-electron chi connectivity index (χ1n) is 9.81. The van der Waals surface area contributed by atoms with Crippen molar-refractivity contribution < 1.29 is 4.79 Å². The van der Waals surface area contributed by atoms with Crippen LogP contribution in [0, 0.1) is 11.8 Å². The number of carbonyl (C=O) groups excluding carboxylic acids is 1. The Hall–Kier alpha value is -1.06. The van der Waals surface area contributed by atoms with Crippen LogP contribution in [0.15, 0.2) is 30.3 Å². The van der Waals surface area contributed by atoms with Crippen molar-refractivity contribution in [2.75, 3.05) is 0 Å². The van der Waals surface area contributed by atoms with Crippen molar-refractivity contribution in [3.63, 3.8) is 0 Å². The van der Waals surface area contributed by atoms with Crippen molar-refractivity contribution in [1.82, 2.24) is 5.32 Å². The second-order valence-electron chi connectivity index (χ2n) is 8.34. The van der Waals surface area contributed by atoms with Crippen LogP contribution in [0.3, 0.4) is 0 Å². The molecular weight excluding hydrogens is 332 g/mol. The fourth-order valence-corrected chi connectivity index (χ4v) is 5.70. The number of fused-ring (bicyclic) bond motifs is 2. The summed E-state index contributed by atoms with van der Waals surface area (Å²) in [6, 6.07) is 11.1. The minimum Gasteiger partial charge on any atom is -0.352 e. The molecule has 3 aliphatic carbocycles. The first kappa shape index (κ1) is 18.7. The number of rotatable bonds is 3. The third-order valence-corrected chi connectivity index (χ3v) is 6.89. The van der Waals surface area contributed by atoms with Crippen molar-refractivity contribution in [3.05, 3.63) is 35.9 Å². The van der Waals surface area contributed by atoms with Gasteiger partial charge in [0.1, 0.15) is 0 Å². The molecule has 3 N–H and O–H groups in total. The molecule has 3 aliphatic rings. The van der Waals surface area contributed by atoms with Crippen LogP contribution in [0.25, 0.3) is 0 Å². The lowest BCUT2D eigenvalue weighted by molar-refractivity contribution is -0.129. The summed E-state index contributed by atoms with van der Waals surface area (Å²) in [4.78, 5) is 13.4. The number of carbonyl (C=O) groups is 1. The average Bonchev–Trinajstić information content (AvgIpc) is 3.07. The van der Waals surface area contributed by atoms with Crippen LogP contribution in [-0.2, 0) is 10.2 Å². The zero-order chi connectivity index (χ0) is 16.6. The Labute approximate surface area is 157 Å². The van der Waals surface area contributed by atoms with E-state index in [9.17, 15) is 4.79 Å². The van der Waals surface area contributed by atoms with Crippen LogP contribution < -0.4 is 11.1 Å². The number of nitrogens with two attached hydrogens (primary N) is 1. The SMILES string of the molecule is Cl.NC1CC2CCCC(C1)C2NC(=O)C1(c2ccccc2)CCCC1. The first-order valence-corrected chi connectivity index (χ1v) is 9.81. The molecule has 4 rings (SSSR count). The third kappa shape index (κ3) is 3.46. The lowest BCUT2D eigenvalue weighted by atomic mass is 9.66. The highest BCUT2D eigenvalue weighted by atomic mass is 35.5. The molecule has 3 saturated carbocycles. The van der Waals surface area contributed by atoms with E-state index in [1.807, 2.05) is 6.07 Å². The number of hydrogen-bond acceptors (Lipinski definition) is 2. The molecule has 1 aromatic carbocycles. The molecule has 3 fully saturated rings. The van der Waals surface area contributed by atoms with Gasteiger partial charge in [-0.1, -0.05) is 49.6 Å². The van der Waals surface area contributed by atoms with Gasteiger partial charge in [-0.3, -0.25) is 4.79 Å². The van der Waals surface area contributed by atoms with E-state index in [1.54, 1.807) is 0 Å². The Morgan fingerprint density at radius 3 is 2.20 bits per heavy atom. The van der Waals surface area contributed by atoms with Gasteiger partial charge in [-0.25, -0.2) is 0 Å². The second-order valence-corrected chi connectivity index (χ2v) is 8.34. The Bertz CT molecular complexity index is 571. The molecule has 2 atom stereocenters. The molecule has 0 radical (unpaired) electrons. The smallest absolute Gasteiger partial charge is 0.230 e. The van der Waals surface area contributed by atoms with Gasteiger partial charge in [-0.15, -0.1) is 12.4 Å². The highest BCUT2D eigenvalue weighted by Gasteiger charge is 2.46. The van der Waals surface area contributed by atoms with Crippen LogP contribution >= 0.6 is 12.4 Å². The fraction of sp³-hybridized carbons (Fsp3) is 0.667. The number of amides is 1. The number of benzene rings is 1. The Morgan fingerprint density at radius 2 is 1.60 bits per heavy atom. The molecule has 0 aromatic heterocycles. The monoisotopic (exact) mass is 362 g/mol. The van der Waals surface area contributed by atoms with Crippen molar-refractivity contribution in [3.8, 4) is 0 Å². The lowest BCUT2D eigenvalue weighted by Crippen LogP contribution is -2.57. The Kier molecular flexibility index (Phi) is 5.75. The van der Waals surface area contributed by atoms with E-state index in [-0.39, 0.29) is 23.7 Å². The number of hydrogen-bond donors (Lipinski definition) is 2. The van der Waals surface area contributed by atoms with Gasteiger partial charge in [0.25, 0.3) is 0 Å². The van der Waals surface area contributed by atoms with E-state index >= 15 is 0 Å². The molecule has 0 heterocycles. The maximum absolute atomic E-state index is 13.4. The predicted octanol–water partition coefficient (Wildman–Crippen LogP) is 3.94. The van der Waals surface area contributed by atoms with Crippen LogP contribution in [0.1, 0.15) is 63.4 Å². The zero-order valence-corrected chi connectivity index (χ0v) is 15.8. The molecular formula is C21H31ClN2O. The van der Waals surface area contributed by atoms with E-state index in [2.05, 4.69) is 29.6 Å².